The number of nitrogens with one attached hydrogen (secondary N) is 1. The quantitative estimate of drug-likeness (QED) is 0.602. The van der Waals surface area contributed by atoms with Crippen molar-refractivity contribution >= 4 is 31.0 Å². The van der Waals surface area contributed by atoms with Crippen molar-refractivity contribution in [2.75, 3.05) is 5.32 Å². The molecule has 1 heterocycles. The van der Waals surface area contributed by atoms with Gasteiger partial charge in [-0.15, -0.1) is 0 Å². The van der Waals surface area contributed by atoms with E-state index in [2.05, 4.69) is 16.5 Å². The summed E-state index contributed by atoms with van der Waals surface area (Å²) in [7, 11) is 0. The number of hydrogen-bond donors (Lipinski definition) is 3. The Morgan fingerprint density at radius 2 is 1.76 bits per heavy atom. The first-order valence-corrected chi connectivity index (χ1v) is 9.92. The Balaban J connectivity index is 0.00000106. The largest absolute Gasteiger partial charge is 0.393 e. The Kier molecular flexibility index (Phi) is 12.9. The van der Waals surface area contributed by atoms with E-state index >= 15 is 0 Å². The molecule has 9 nitrogen and oxygen atoms in total. The fraction of sp³-hybridized carbons (Fsp3) is 0.409. The van der Waals surface area contributed by atoms with Gasteiger partial charge in [-0.2, -0.15) is 23.5 Å². The van der Waals surface area contributed by atoms with Crippen LogP contribution in [0.1, 0.15) is 48.1 Å². The van der Waals surface area contributed by atoms with Gasteiger partial charge in [0.2, 0.25) is 0 Å². The molecule has 0 bridgehead atoms. The highest BCUT2D eigenvalue weighted by Gasteiger charge is 2.32. The molecule has 1 aliphatic carbocycles. The van der Waals surface area contributed by atoms with Gasteiger partial charge in [-0.3, -0.25) is 9.48 Å². The molecule has 1 aromatic carbocycles. The molecule has 34 heavy (non-hydrogen) atoms. The molecule has 2 aromatic rings. The Hall–Kier alpha value is -3.72. The zero-order chi connectivity index (χ0) is 26.5. The topological polar surface area (TPSA) is 151 Å². The van der Waals surface area contributed by atoms with Gasteiger partial charge >= 0.3 is 6.18 Å². The van der Waals surface area contributed by atoms with Crippen LogP contribution >= 0.6 is 0 Å². The SMILES string of the molecule is C=O.C=O.CC(F)(F)F.Cc1ccc(Nc2nn([C@H]3CC[C@@H](O)CC3C#N)cc2C(N)=O)cc1. The van der Waals surface area contributed by atoms with Crippen molar-refractivity contribution in [3.05, 3.63) is 41.6 Å². The van der Waals surface area contributed by atoms with Gasteiger partial charge in [-0.25, -0.2) is 0 Å². The van der Waals surface area contributed by atoms with Crippen molar-refractivity contribution in [2.24, 2.45) is 11.7 Å². The van der Waals surface area contributed by atoms with Crippen molar-refractivity contribution in [3.8, 4) is 6.07 Å². The second-order valence-electron chi connectivity index (χ2n) is 7.28. The fourth-order valence-corrected chi connectivity index (χ4v) is 3.20. The van der Waals surface area contributed by atoms with Crippen LogP contribution in [0.2, 0.25) is 0 Å². The molecule has 1 saturated carbocycles. The summed E-state index contributed by atoms with van der Waals surface area (Å²) in [5, 5.41) is 26.7. The first kappa shape index (κ1) is 30.3. The van der Waals surface area contributed by atoms with Crippen molar-refractivity contribution in [2.45, 2.75) is 51.4 Å². The summed E-state index contributed by atoms with van der Waals surface area (Å²) >= 11 is 0. The third-order valence-electron chi connectivity index (χ3n) is 4.60. The number of primary amides is 1. The first-order valence-electron chi connectivity index (χ1n) is 9.92. The Morgan fingerprint density at radius 3 is 2.24 bits per heavy atom. The summed E-state index contributed by atoms with van der Waals surface area (Å²) < 4.78 is 32.7. The number of aromatic nitrogens is 2. The summed E-state index contributed by atoms with van der Waals surface area (Å²) in [4.78, 5) is 27.8. The van der Waals surface area contributed by atoms with Crippen LogP contribution in [0.3, 0.4) is 0 Å². The monoisotopic (exact) mass is 483 g/mol. The minimum atomic E-state index is -4.00. The first-order chi connectivity index (χ1) is 16.0. The van der Waals surface area contributed by atoms with E-state index in [-0.39, 0.29) is 24.4 Å². The van der Waals surface area contributed by atoms with E-state index < -0.39 is 18.2 Å². The predicted molar refractivity (Wildman–Crippen MR) is 119 cm³/mol. The summed E-state index contributed by atoms with van der Waals surface area (Å²) in [5.74, 6) is -0.555. The molecule has 1 aromatic heterocycles. The maximum absolute atomic E-state index is 11.8. The Bertz CT molecular complexity index is 933. The highest BCUT2D eigenvalue weighted by atomic mass is 19.4. The van der Waals surface area contributed by atoms with Crippen LogP contribution < -0.4 is 11.1 Å². The maximum atomic E-state index is 11.8. The zero-order valence-electron chi connectivity index (χ0n) is 18.9. The van der Waals surface area contributed by atoms with Crippen LogP contribution in [0.15, 0.2) is 30.5 Å². The number of nitrogens with two attached hydrogens (primary N) is 1. The summed E-state index contributed by atoms with van der Waals surface area (Å²) in [5.41, 5.74) is 7.70. The molecule has 1 aliphatic rings. The number of anilines is 2. The van der Waals surface area contributed by atoms with Crippen LogP contribution in [0.5, 0.6) is 0 Å². The number of hydrogen-bond acceptors (Lipinski definition) is 7. The molecule has 1 fully saturated rings. The number of carbonyl (C=O) groups is 3. The molecule has 3 rings (SSSR count). The van der Waals surface area contributed by atoms with Gasteiger partial charge < -0.3 is 25.7 Å². The molecular weight excluding hydrogens is 455 g/mol. The summed E-state index contributed by atoms with van der Waals surface area (Å²) in [6.45, 7) is 6.18. The molecule has 12 heteroatoms. The highest BCUT2D eigenvalue weighted by Crippen LogP contribution is 2.34. The van der Waals surface area contributed by atoms with Crippen LogP contribution in [0.25, 0.3) is 0 Å². The van der Waals surface area contributed by atoms with Gasteiger partial charge in [-0.05, 0) is 38.3 Å². The molecule has 0 saturated heterocycles. The van der Waals surface area contributed by atoms with Crippen LogP contribution in [0.4, 0.5) is 24.7 Å². The van der Waals surface area contributed by atoms with Crippen LogP contribution in [0, 0.1) is 24.2 Å². The third-order valence-corrected chi connectivity index (χ3v) is 4.60. The number of benzene rings is 1. The number of nitriles is 1. The van der Waals surface area contributed by atoms with Crippen LogP contribution in [-0.4, -0.2) is 46.7 Å². The molecule has 1 amide bonds. The van der Waals surface area contributed by atoms with E-state index in [0.717, 1.165) is 11.3 Å². The lowest BCUT2D eigenvalue weighted by Gasteiger charge is -2.30. The highest BCUT2D eigenvalue weighted by molar-refractivity contribution is 5.98. The smallest absolute Gasteiger partial charge is 0.386 e. The molecule has 0 radical (unpaired) electrons. The molecule has 0 spiro atoms. The van der Waals surface area contributed by atoms with Gasteiger partial charge in [0.15, 0.2) is 5.82 Å². The number of nitrogens with zero attached hydrogens (tertiary/aromatic N) is 3. The third kappa shape index (κ3) is 10.3. The summed E-state index contributed by atoms with van der Waals surface area (Å²) in [6.07, 6.45) is -1.23. The average molecular weight is 483 g/mol. The number of aliphatic hydroxyl groups is 1. The summed E-state index contributed by atoms with van der Waals surface area (Å²) in [6, 6.07) is 9.76. The minimum absolute atomic E-state index is 0.180. The van der Waals surface area contributed by atoms with E-state index in [0.29, 0.717) is 25.1 Å². The average Bonchev–Trinajstić information content (AvgIpc) is 3.20. The van der Waals surface area contributed by atoms with Crippen molar-refractivity contribution in [1.82, 2.24) is 9.78 Å². The van der Waals surface area contributed by atoms with E-state index in [1.807, 2.05) is 44.8 Å². The normalized spacial score (nSPS) is 18.9. The van der Waals surface area contributed by atoms with Crippen molar-refractivity contribution in [3.63, 3.8) is 0 Å². The van der Waals surface area contributed by atoms with Gasteiger partial charge in [0.05, 0.1) is 24.1 Å². The Labute approximate surface area is 195 Å². The van der Waals surface area contributed by atoms with Gasteiger partial charge in [0, 0.05) is 18.8 Å². The molecule has 3 atom stereocenters. The fourth-order valence-electron chi connectivity index (χ4n) is 3.20. The second-order valence-corrected chi connectivity index (χ2v) is 7.28. The van der Waals surface area contributed by atoms with E-state index in [9.17, 15) is 28.3 Å². The molecule has 186 valence electrons. The van der Waals surface area contributed by atoms with Gasteiger partial charge in [0.1, 0.15) is 19.1 Å². The van der Waals surface area contributed by atoms with Gasteiger partial charge in [0.25, 0.3) is 5.91 Å². The number of halogens is 3. The van der Waals surface area contributed by atoms with Crippen molar-refractivity contribution in [1.29, 1.82) is 5.26 Å². The minimum Gasteiger partial charge on any atom is -0.393 e. The zero-order valence-corrected chi connectivity index (χ0v) is 18.9. The number of aryl methyl sites for hydroxylation is 1. The molecule has 0 aliphatic heterocycles. The lowest BCUT2D eigenvalue weighted by atomic mass is 9.84. The molecular formula is C22H28F3N5O4. The standard InChI is InChI=1S/C18H21N5O2.C2H3F3.2CH2O/c1-11-2-4-13(5-3-11)21-18-15(17(20)25)10-23(22-18)16-7-6-14(24)8-12(16)9-19;1-2(3,4)5;2*1-2/h2-5,10,12,14,16,24H,6-8H2,1H3,(H2,20,25)(H,21,22);1H3;2*1H2/t12?,14-,16+;;;/m1.../s1. The van der Waals surface area contributed by atoms with E-state index in [1.165, 1.54) is 0 Å². The number of carbonyl (C=O) groups excluding carboxylic acids is 3. The predicted octanol–water partition coefficient (Wildman–Crippen LogP) is 3.46. The van der Waals surface area contributed by atoms with E-state index in [1.54, 1.807) is 10.9 Å². The number of rotatable bonds is 4. The number of alkyl halides is 3. The van der Waals surface area contributed by atoms with E-state index in [4.69, 9.17) is 15.3 Å². The number of amides is 1. The van der Waals surface area contributed by atoms with Crippen molar-refractivity contribution < 1.29 is 32.7 Å². The van der Waals surface area contributed by atoms with Gasteiger partial charge in [-0.1, -0.05) is 17.7 Å². The van der Waals surface area contributed by atoms with Crippen LogP contribution in [-0.2, 0) is 9.59 Å². The maximum Gasteiger partial charge on any atom is 0.386 e. The Morgan fingerprint density at radius 1 is 1.24 bits per heavy atom. The molecule has 1 unspecified atom stereocenters. The second kappa shape index (κ2) is 14.4. The lowest BCUT2D eigenvalue weighted by molar-refractivity contribution is -0.110. The lowest BCUT2D eigenvalue weighted by Crippen LogP contribution is -2.29. The molecule has 4 N–H and O–H groups in total. The number of aliphatic hydroxyl groups excluding tert-OH is 1.